The van der Waals surface area contributed by atoms with Crippen LogP contribution >= 0.6 is 0 Å². The van der Waals surface area contributed by atoms with Crippen molar-refractivity contribution in [2.45, 2.75) is 102 Å². The van der Waals surface area contributed by atoms with Crippen molar-refractivity contribution in [3.05, 3.63) is 66.4 Å². The Morgan fingerprint density at radius 2 is 1.45 bits per heavy atom. The number of pyridine rings is 1. The van der Waals surface area contributed by atoms with E-state index in [-0.39, 0.29) is 42.3 Å². The first-order valence-electron chi connectivity index (χ1n) is 22.4. The average molecular weight is 876 g/mol. The lowest BCUT2D eigenvalue weighted by Crippen LogP contribution is -2.53. The topological polar surface area (TPSA) is 206 Å². The lowest BCUT2D eigenvalue weighted by molar-refractivity contribution is -0.153. The molecular formula is C47H57N9O8. The SMILES string of the molecule is COC(=O)N[C@H](C(=O)N1CC2(CC1c1nc3ccc(-c4ccc5nc(-c6cnc(C7CC8CCCCC8N7C(=O)[C@@H](NC(=O)OC)C(C)C)[nH]6)ccc5c4)cc3[nH]1)OCCO2)C(C)C. The number of hydrogen-bond donors (Lipinski definition) is 4. The van der Waals surface area contributed by atoms with Crippen LogP contribution in [0.1, 0.15) is 90.0 Å². The van der Waals surface area contributed by atoms with E-state index in [4.69, 9.17) is 33.9 Å². The Morgan fingerprint density at radius 1 is 0.781 bits per heavy atom. The van der Waals surface area contributed by atoms with Crippen LogP contribution in [0.25, 0.3) is 44.5 Å². The Morgan fingerprint density at radius 3 is 2.16 bits per heavy atom. The molecule has 0 radical (unpaired) electrons. The van der Waals surface area contributed by atoms with Gasteiger partial charge in [-0.1, -0.05) is 58.7 Å². The van der Waals surface area contributed by atoms with Crippen LogP contribution in [0.2, 0.25) is 0 Å². The van der Waals surface area contributed by atoms with Crippen LogP contribution in [-0.4, -0.2) is 117 Å². The van der Waals surface area contributed by atoms with E-state index < -0.39 is 36.1 Å². The fourth-order valence-corrected chi connectivity index (χ4v) is 10.2. The van der Waals surface area contributed by atoms with E-state index in [0.29, 0.717) is 31.4 Å². The van der Waals surface area contributed by atoms with E-state index in [1.54, 1.807) is 11.1 Å². The summed E-state index contributed by atoms with van der Waals surface area (Å²) >= 11 is 0. The highest BCUT2D eigenvalue weighted by molar-refractivity contribution is 5.90. The smallest absolute Gasteiger partial charge is 0.407 e. The van der Waals surface area contributed by atoms with Crippen LogP contribution in [0.3, 0.4) is 0 Å². The van der Waals surface area contributed by atoms with Gasteiger partial charge in [-0.15, -0.1) is 0 Å². The van der Waals surface area contributed by atoms with Crippen molar-refractivity contribution >= 4 is 45.9 Å². The van der Waals surface area contributed by atoms with Crippen molar-refractivity contribution < 1.29 is 38.1 Å². The number of H-pyrrole nitrogens is 2. The number of aromatic amines is 2. The van der Waals surface area contributed by atoms with E-state index in [1.807, 2.05) is 69.0 Å². The molecule has 17 heteroatoms. The molecule has 2 aromatic carbocycles. The number of hydrogen-bond acceptors (Lipinski definition) is 11. The van der Waals surface area contributed by atoms with Crippen LogP contribution < -0.4 is 10.6 Å². The van der Waals surface area contributed by atoms with Crippen molar-refractivity contribution in [1.29, 1.82) is 0 Å². The van der Waals surface area contributed by atoms with Crippen LogP contribution in [0.4, 0.5) is 9.59 Å². The molecule has 64 heavy (non-hydrogen) atoms. The van der Waals surface area contributed by atoms with Gasteiger partial charge in [0.25, 0.3) is 0 Å². The second-order valence-electron chi connectivity index (χ2n) is 18.3. The molecule has 3 saturated heterocycles. The maximum absolute atomic E-state index is 14.3. The molecular weight excluding hydrogens is 819 g/mol. The lowest BCUT2D eigenvalue weighted by atomic mass is 9.84. The van der Waals surface area contributed by atoms with Crippen molar-refractivity contribution in [2.24, 2.45) is 17.8 Å². The van der Waals surface area contributed by atoms with Crippen molar-refractivity contribution in [2.75, 3.05) is 34.0 Å². The Kier molecular flexibility index (Phi) is 11.8. The number of benzene rings is 2. The summed E-state index contributed by atoms with van der Waals surface area (Å²) in [5.74, 6) is 0.0458. The maximum atomic E-state index is 14.3. The molecule has 1 saturated carbocycles. The number of likely N-dealkylation sites (tertiary alicyclic amines) is 2. The number of methoxy groups -OCH3 is 2. The number of imidazole rings is 2. The van der Waals surface area contributed by atoms with Crippen LogP contribution in [-0.2, 0) is 28.5 Å². The molecule has 338 valence electrons. The van der Waals surface area contributed by atoms with Crippen LogP contribution in [0.15, 0.2) is 54.7 Å². The Labute approximate surface area is 371 Å². The number of aromatic nitrogens is 5. The molecule has 4 amide bonds. The largest absolute Gasteiger partial charge is 0.453 e. The zero-order chi connectivity index (χ0) is 44.9. The number of fused-ring (bicyclic) bond motifs is 3. The zero-order valence-corrected chi connectivity index (χ0v) is 37.2. The molecule has 4 N–H and O–H groups in total. The number of alkyl carbamates (subject to hydrolysis) is 2. The third kappa shape index (κ3) is 8.15. The normalized spacial score (nSPS) is 22.6. The predicted molar refractivity (Wildman–Crippen MR) is 236 cm³/mol. The number of rotatable bonds is 10. The summed E-state index contributed by atoms with van der Waals surface area (Å²) in [7, 11) is 2.58. The van der Waals surface area contributed by atoms with E-state index in [2.05, 4.69) is 32.7 Å². The minimum atomic E-state index is -0.949. The summed E-state index contributed by atoms with van der Waals surface area (Å²) in [4.78, 5) is 78.4. The van der Waals surface area contributed by atoms with E-state index in [1.165, 1.54) is 14.2 Å². The van der Waals surface area contributed by atoms with Crippen molar-refractivity contribution in [3.8, 4) is 22.5 Å². The van der Waals surface area contributed by atoms with E-state index in [9.17, 15) is 19.2 Å². The van der Waals surface area contributed by atoms with Crippen molar-refractivity contribution in [3.63, 3.8) is 0 Å². The molecule has 9 rings (SSSR count). The summed E-state index contributed by atoms with van der Waals surface area (Å²) in [5.41, 5.74) is 5.85. The Balaban J connectivity index is 0.951. The van der Waals surface area contributed by atoms with Gasteiger partial charge in [0.1, 0.15) is 23.7 Å². The van der Waals surface area contributed by atoms with Gasteiger partial charge in [-0.05, 0) is 78.5 Å². The summed E-state index contributed by atoms with van der Waals surface area (Å²) < 4.78 is 21.8. The maximum Gasteiger partial charge on any atom is 0.407 e. The molecule has 1 aliphatic carbocycles. The van der Waals surface area contributed by atoms with Gasteiger partial charge >= 0.3 is 12.2 Å². The minimum Gasteiger partial charge on any atom is -0.453 e. The molecule has 4 aliphatic rings. The quantitative estimate of drug-likeness (QED) is 0.115. The Hall–Kier alpha value is -6.07. The van der Waals surface area contributed by atoms with Gasteiger partial charge in [0.2, 0.25) is 11.8 Å². The first-order valence-corrected chi connectivity index (χ1v) is 22.4. The van der Waals surface area contributed by atoms with Gasteiger partial charge in [-0.25, -0.2) is 24.5 Å². The summed E-state index contributed by atoms with van der Waals surface area (Å²) in [6, 6.07) is 14.1. The van der Waals surface area contributed by atoms with Crippen molar-refractivity contribution in [1.82, 2.24) is 45.4 Å². The number of nitrogens with zero attached hydrogens (tertiary/aromatic N) is 5. The highest BCUT2D eigenvalue weighted by Crippen LogP contribution is 2.47. The summed E-state index contributed by atoms with van der Waals surface area (Å²) in [5, 5.41) is 6.46. The molecule has 6 atom stereocenters. The van der Waals surface area contributed by atoms with E-state index in [0.717, 1.165) is 82.4 Å². The second kappa shape index (κ2) is 17.5. The predicted octanol–water partition coefficient (Wildman–Crippen LogP) is 6.78. The van der Waals surface area contributed by atoms with Crippen LogP contribution in [0, 0.1) is 17.8 Å². The molecule has 4 unspecified atom stereocenters. The molecule has 5 aromatic rings. The average Bonchev–Trinajstić information content (AvgIpc) is 4.16. The molecule has 6 heterocycles. The number of amides is 4. The number of carbonyl (C=O) groups excluding carboxylic acids is 4. The number of ether oxygens (including phenoxy) is 4. The van der Waals surface area contributed by atoms with Gasteiger partial charge in [-0.2, -0.15) is 0 Å². The first-order chi connectivity index (χ1) is 30.8. The third-order valence-electron chi connectivity index (χ3n) is 13.5. The zero-order valence-electron chi connectivity index (χ0n) is 37.2. The fraction of sp³-hybridized carbons (Fsp3) is 0.511. The van der Waals surface area contributed by atoms with E-state index >= 15 is 0 Å². The third-order valence-corrected chi connectivity index (χ3v) is 13.5. The molecule has 3 aliphatic heterocycles. The second-order valence-corrected chi connectivity index (χ2v) is 18.3. The molecule has 17 nitrogen and oxygen atoms in total. The number of carbonyl (C=O) groups is 4. The highest BCUT2D eigenvalue weighted by Gasteiger charge is 2.53. The monoisotopic (exact) mass is 875 g/mol. The minimum absolute atomic E-state index is 0.0908. The van der Waals surface area contributed by atoms with Gasteiger partial charge in [-0.3, -0.25) is 9.59 Å². The van der Waals surface area contributed by atoms with Gasteiger partial charge in [0.15, 0.2) is 5.79 Å². The Bertz CT molecular complexity index is 2560. The van der Waals surface area contributed by atoms with Gasteiger partial charge in [0, 0.05) is 17.8 Å². The fourth-order valence-electron chi connectivity index (χ4n) is 10.2. The van der Waals surface area contributed by atoms with Crippen LogP contribution in [0.5, 0.6) is 0 Å². The molecule has 3 aromatic heterocycles. The first kappa shape index (κ1) is 43.2. The molecule has 1 spiro atoms. The molecule has 4 fully saturated rings. The summed E-state index contributed by atoms with van der Waals surface area (Å²) in [6.07, 6.45) is 5.89. The number of nitrogens with one attached hydrogen (secondary N) is 4. The standard InChI is InChI=1S/C47H57N9O8/c1-25(2)39(53-45(59)61-5)43(57)55-24-47(63-17-18-64-47)22-38(55)42-50-32-15-12-28(20-34(32)51-42)27-11-14-31-29(19-27)13-16-33(49-31)35-23-48-41(52-35)37-21-30-9-7-8-10-36(30)56(37)44(58)40(26(3)4)54-46(60)62-6/h11-16,19-20,23,25-26,30,36-40H,7-10,17-18,21-22,24H2,1-6H3,(H,48,52)(H,50,51)(H,53,59)(H,54,60)/t30?,36?,37?,38?,39-,40-/m0/s1. The molecule has 0 bridgehead atoms. The van der Waals surface area contributed by atoms with Gasteiger partial charge in [0.05, 0.1) is 80.2 Å². The summed E-state index contributed by atoms with van der Waals surface area (Å²) in [6.45, 7) is 8.68. The van der Waals surface area contributed by atoms with Gasteiger partial charge < -0.3 is 49.3 Å². The lowest BCUT2D eigenvalue weighted by Gasteiger charge is -2.36. The highest BCUT2D eigenvalue weighted by atomic mass is 16.7.